The molecule has 0 aromatic carbocycles. The van der Waals surface area contributed by atoms with Crippen molar-refractivity contribution in [1.82, 2.24) is 0 Å². The Morgan fingerprint density at radius 1 is 1.64 bits per heavy atom. The minimum atomic E-state index is -2.61. The van der Waals surface area contributed by atoms with Gasteiger partial charge >= 0.3 is 0 Å². The fraction of sp³-hybridized carbons (Fsp3) is 0.667. The lowest BCUT2D eigenvalue weighted by atomic mass is 10.1. The van der Waals surface area contributed by atoms with Crippen molar-refractivity contribution >= 4 is 5.71 Å². The fourth-order valence-corrected chi connectivity index (χ4v) is 2.17. The van der Waals surface area contributed by atoms with Gasteiger partial charge in [0.25, 0.3) is 6.43 Å². The van der Waals surface area contributed by atoms with Gasteiger partial charge in [-0.3, -0.25) is 4.99 Å². The average molecular weight is 202 g/mol. The number of halogens is 2. The molecule has 0 aliphatic heterocycles. The molecule has 1 saturated carbocycles. The van der Waals surface area contributed by atoms with Crippen LogP contribution in [0.25, 0.3) is 0 Å². The van der Waals surface area contributed by atoms with Gasteiger partial charge in [0.05, 0.1) is 6.10 Å². The zero-order chi connectivity index (χ0) is 10.5. The van der Waals surface area contributed by atoms with Gasteiger partial charge in [0.1, 0.15) is 5.71 Å². The van der Waals surface area contributed by atoms with Gasteiger partial charge in [0.15, 0.2) is 0 Å². The summed E-state index contributed by atoms with van der Waals surface area (Å²) in [5.41, 5.74) is 5.89. The molecule has 0 heterocycles. The molecule has 14 heavy (non-hydrogen) atoms. The molecule has 5 heteroatoms. The Morgan fingerprint density at radius 2 is 2.29 bits per heavy atom. The van der Waals surface area contributed by atoms with Crippen LogP contribution < -0.4 is 5.73 Å². The van der Waals surface area contributed by atoms with E-state index in [0.717, 1.165) is 6.42 Å². The molecule has 0 saturated heterocycles. The van der Waals surface area contributed by atoms with Crippen molar-refractivity contribution in [2.24, 2.45) is 22.6 Å². The highest BCUT2D eigenvalue weighted by Gasteiger charge is 2.54. The lowest BCUT2D eigenvalue weighted by molar-refractivity contribution is 0.190. The third kappa shape index (κ3) is 1.15. The molecule has 2 aliphatic carbocycles. The Balaban J connectivity index is 2.34. The van der Waals surface area contributed by atoms with Gasteiger partial charge in [0, 0.05) is 18.3 Å². The van der Waals surface area contributed by atoms with Crippen molar-refractivity contribution in [3.05, 3.63) is 11.3 Å². The fourth-order valence-electron chi connectivity index (χ4n) is 2.17. The number of aliphatic imine (C=N–C) groups is 1. The summed E-state index contributed by atoms with van der Waals surface area (Å²) in [6, 6.07) is 0. The van der Waals surface area contributed by atoms with Crippen LogP contribution in [0.4, 0.5) is 8.78 Å². The first-order valence-corrected chi connectivity index (χ1v) is 4.50. The molecule has 2 rings (SSSR count). The summed E-state index contributed by atoms with van der Waals surface area (Å²) in [4.78, 5) is 3.55. The van der Waals surface area contributed by atoms with E-state index in [1.54, 1.807) is 0 Å². The van der Waals surface area contributed by atoms with Crippen molar-refractivity contribution in [3.8, 4) is 0 Å². The minimum Gasteiger partial charge on any atom is -0.400 e. The molecule has 3 nitrogen and oxygen atoms in total. The number of hydrogen-bond donors (Lipinski definition) is 2. The van der Waals surface area contributed by atoms with Crippen LogP contribution in [0, 0.1) is 11.8 Å². The normalized spacial score (nSPS) is 36.6. The smallest absolute Gasteiger partial charge is 0.280 e. The van der Waals surface area contributed by atoms with Crippen LogP contribution >= 0.6 is 0 Å². The van der Waals surface area contributed by atoms with E-state index in [2.05, 4.69) is 4.99 Å². The highest BCUT2D eigenvalue weighted by atomic mass is 19.3. The van der Waals surface area contributed by atoms with Gasteiger partial charge in [-0.1, -0.05) is 0 Å². The first-order chi connectivity index (χ1) is 6.57. The van der Waals surface area contributed by atoms with Gasteiger partial charge < -0.3 is 10.8 Å². The monoisotopic (exact) mass is 202 g/mol. The van der Waals surface area contributed by atoms with E-state index in [-0.39, 0.29) is 23.2 Å². The van der Waals surface area contributed by atoms with Crippen LogP contribution in [0.1, 0.15) is 6.42 Å². The van der Waals surface area contributed by atoms with Crippen LogP contribution in [-0.4, -0.2) is 30.4 Å². The SMILES string of the molecule is CN=C(C1=C(N)C(O)C2CC12)C(F)F. The standard InChI is InChI=1S/C9H12F2N2O/c1-13-7(9(10)11)5-3-2-4(3)8(14)6(5)12/h3-4,8-9,14H,2,12H2,1H3. The summed E-state index contributed by atoms with van der Waals surface area (Å²) in [6.07, 6.45) is -2.60. The van der Waals surface area contributed by atoms with Crippen molar-refractivity contribution in [2.45, 2.75) is 19.0 Å². The molecule has 78 valence electrons. The summed E-state index contributed by atoms with van der Waals surface area (Å²) in [5, 5.41) is 9.52. The second-order valence-electron chi connectivity index (χ2n) is 3.73. The molecular formula is C9H12F2N2O. The van der Waals surface area contributed by atoms with E-state index < -0.39 is 12.5 Å². The number of fused-ring (bicyclic) bond motifs is 1. The highest BCUT2D eigenvalue weighted by molar-refractivity contribution is 6.04. The molecule has 0 bridgehead atoms. The highest BCUT2D eigenvalue weighted by Crippen LogP contribution is 2.54. The molecule has 3 unspecified atom stereocenters. The Kier molecular flexibility index (Phi) is 2.06. The Bertz CT molecular complexity index is 325. The number of nitrogens with two attached hydrogens (primary N) is 1. The molecule has 0 aromatic rings. The Morgan fingerprint density at radius 3 is 2.64 bits per heavy atom. The first kappa shape index (κ1) is 9.58. The molecule has 3 atom stereocenters. The number of alkyl halides is 2. The first-order valence-electron chi connectivity index (χ1n) is 4.50. The van der Waals surface area contributed by atoms with E-state index >= 15 is 0 Å². The molecular weight excluding hydrogens is 190 g/mol. The van der Waals surface area contributed by atoms with Gasteiger partial charge in [-0.2, -0.15) is 0 Å². The van der Waals surface area contributed by atoms with Crippen LogP contribution in [-0.2, 0) is 0 Å². The molecule has 0 aromatic heterocycles. The van der Waals surface area contributed by atoms with Crippen LogP contribution in [0.2, 0.25) is 0 Å². The number of aliphatic hydroxyl groups is 1. The second kappa shape index (κ2) is 3.02. The van der Waals surface area contributed by atoms with E-state index in [1.807, 2.05) is 0 Å². The van der Waals surface area contributed by atoms with Crippen molar-refractivity contribution in [2.75, 3.05) is 7.05 Å². The van der Waals surface area contributed by atoms with E-state index in [9.17, 15) is 13.9 Å². The van der Waals surface area contributed by atoms with Crippen molar-refractivity contribution in [1.29, 1.82) is 0 Å². The number of allylic oxidation sites excluding steroid dienone is 1. The van der Waals surface area contributed by atoms with Gasteiger partial charge in [-0.25, -0.2) is 8.78 Å². The molecule has 0 amide bonds. The van der Waals surface area contributed by atoms with Gasteiger partial charge in [0.2, 0.25) is 0 Å². The predicted octanol–water partition coefficient (Wildman–Crippen LogP) is 0.546. The molecule has 1 fully saturated rings. The third-order valence-corrected chi connectivity index (χ3v) is 2.97. The van der Waals surface area contributed by atoms with Crippen molar-refractivity contribution < 1.29 is 13.9 Å². The van der Waals surface area contributed by atoms with E-state index in [1.165, 1.54) is 7.05 Å². The van der Waals surface area contributed by atoms with Crippen LogP contribution in [0.15, 0.2) is 16.3 Å². The van der Waals surface area contributed by atoms with Gasteiger partial charge in [-0.15, -0.1) is 0 Å². The quantitative estimate of drug-likeness (QED) is 0.642. The van der Waals surface area contributed by atoms with Crippen molar-refractivity contribution in [3.63, 3.8) is 0 Å². The largest absolute Gasteiger partial charge is 0.400 e. The zero-order valence-electron chi connectivity index (χ0n) is 7.74. The summed E-state index contributed by atoms with van der Waals surface area (Å²) >= 11 is 0. The lowest BCUT2D eigenvalue weighted by Crippen LogP contribution is -2.22. The lowest BCUT2D eigenvalue weighted by Gasteiger charge is -2.10. The maximum absolute atomic E-state index is 12.5. The number of rotatable bonds is 2. The Hall–Kier alpha value is -0.970. The Labute approximate surface area is 80.3 Å². The molecule has 2 aliphatic rings. The summed E-state index contributed by atoms with van der Waals surface area (Å²) in [6.45, 7) is 0. The summed E-state index contributed by atoms with van der Waals surface area (Å²) in [7, 11) is 1.32. The third-order valence-electron chi connectivity index (χ3n) is 2.97. The predicted molar refractivity (Wildman–Crippen MR) is 48.2 cm³/mol. The molecule has 3 N–H and O–H groups in total. The van der Waals surface area contributed by atoms with E-state index in [0.29, 0.717) is 5.57 Å². The van der Waals surface area contributed by atoms with Crippen LogP contribution in [0.3, 0.4) is 0 Å². The second-order valence-corrected chi connectivity index (χ2v) is 3.73. The topological polar surface area (TPSA) is 58.6 Å². The van der Waals surface area contributed by atoms with E-state index in [4.69, 9.17) is 5.73 Å². The maximum atomic E-state index is 12.5. The minimum absolute atomic E-state index is 0.0118. The van der Waals surface area contributed by atoms with Gasteiger partial charge in [-0.05, 0) is 18.3 Å². The summed E-state index contributed by atoms with van der Waals surface area (Å²) in [5.74, 6) is 0.0678. The maximum Gasteiger partial charge on any atom is 0.280 e. The number of hydrogen-bond acceptors (Lipinski definition) is 3. The molecule has 0 radical (unpaired) electrons. The summed E-state index contributed by atoms with van der Waals surface area (Å²) < 4.78 is 25.1. The zero-order valence-corrected chi connectivity index (χ0v) is 7.74. The molecule has 0 spiro atoms. The number of nitrogens with zero attached hydrogens (tertiary/aromatic N) is 1. The average Bonchev–Trinajstić information content (AvgIpc) is 2.85. The number of aliphatic hydroxyl groups excluding tert-OH is 1. The van der Waals surface area contributed by atoms with Crippen LogP contribution in [0.5, 0.6) is 0 Å².